The Morgan fingerprint density at radius 1 is 1.23 bits per heavy atom. The molecule has 0 fully saturated rings. The number of rotatable bonds is 2. The first-order valence-electron chi connectivity index (χ1n) is 4.31. The van der Waals surface area contributed by atoms with Crippen LogP contribution in [0.5, 0.6) is 5.75 Å². The van der Waals surface area contributed by atoms with Crippen LogP contribution in [0.15, 0.2) is 6.07 Å². The van der Waals surface area contributed by atoms with Crippen LogP contribution in [0, 0.1) is 20.8 Å². The van der Waals surface area contributed by atoms with Crippen molar-refractivity contribution in [3.63, 3.8) is 0 Å². The molecule has 0 spiro atoms. The van der Waals surface area contributed by atoms with Gasteiger partial charge in [0, 0.05) is 5.33 Å². The maximum Gasteiger partial charge on any atom is 0.122 e. The molecule has 0 amide bonds. The van der Waals surface area contributed by atoms with Gasteiger partial charge in [0.2, 0.25) is 0 Å². The van der Waals surface area contributed by atoms with Crippen LogP contribution >= 0.6 is 15.9 Å². The average molecular weight is 243 g/mol. The molecule has 1 rings (SSSR count). The van der Waals surface area contributed by atoms with Gasteiger partial charge in [-0.1, -0.05) is 15.9 Å². The molecule has 0 aromatic heterocycles. The van der Waals surface area contributed by atoms with Gasteiger partial charge < -0.3 is 4.74 Å². The van der Waals surface area contributed by atoms with E-state index in [1.54, 1.807) is 7.11 Å². The lowest BCUT2D eigenvalue weighted by atomic mass is 9.99. The van der Waals surface area contributed by atoms with Crippen molar-refractivity contribution in [1.82, 2.24) is 0 Å². The largest absolute Gasteiger partial charge is 0.496 e. The van der Waals surface area contributed by atoms with Crippen molar-refractivity contribution in [2.75, 3.05) is 7.11 Å². The lowest BCUT2D eigenvalue weighted by Crippen LogP contribution is -1.97. The molecule has 0 saturated heterocycles. The molecule has 0 atom stereocenters. The summed E-state index contributed by atoms with van der Waals surface area (Å²) in [4.78, 5) is 0. The third-order valence-corrected chi connectivity index (χ3v) is 3.12. The van der Waals surface area contributed by atoms with Crippen molar-refractivity contribution in [2.45, 2.75) is 26.1 Å². The van der Waals surface area contributed by atoms with E-state index in [2.05, 4.69) is 42.8 Å². The van der Waals surface area contributed by atoms with E-state index >= 15 is 0 Å². The Morgan fingerprint density at radius 2 is 1.85 bits per heavy atom. The van der Waals surface area contributed by atoms with Gasteiger partial charge in [0.05, 0.1) is 7.11 Å². The number of halogens is 1. The molecule has 1 nitrogen and oxygen atoms in total. The molecule has 72 valence electrons. The Bertz CT molecular complexity index is 318. The number of alkyl halides is 1. The van der Waals surface area contributed by atoms with Gasteiger partial charge >= 0.3 is 0 Å². The van der Waals surface area contributed by atoms with Crippen LogP contribution in [0.25, 0.3) is 0 Å². The summed E-state index contributed by atoms with van der Waals surface area (Å²) in [6.45, 7) is 6.35. The van der Waals surface area contributed by atoms with Crippen LogP contribution in [0.1, 0.15) is 22.3 Å². The van der Waals surface area contributed by atoms with Gasteiger partial charge in [-0.25, -0.2) is 0 Å². The van der Waals surface area contributed by atoms with E-state index in [4.69, 9.17) is 4.74 Å². The molecule has 13 heavy (non-hydrogen) atoms. The zero-order chi connectivity index (χ0) is 10.0. The van der Waals surface area contributed by atoms with E-state index in [1.807, 2.05) is 0 Å². The summed E-state index contributed by atoms with van der Waals surface area (Å²) in [5.41, 5.74) is 5.23. The van der Waals surface area contributed by atoms with Crippen LogP contribution in [0.4, 0.5) is 0 Å². The van der Waals surface area contributed by atoms with Crippen molar-refractivity contribution in [3.8, 4) is 5.75 Å². The molecule has 0 saturated carbocycles. The van der Waals surface area contributed by atoms with Crippen molar-refractivity contribution in [1.29, 1.82) is 0 Å². The number of benzene rings is 1. The zero-order valence-electron chi connectivity index (χ0n) is 8.57. The Labute approximate surface area is 88.2 Å². The molecule has 0 unspecified atom stereocenters. The average Bonchev–Trinajstić information content (AvgIpc) is 2.12. The fraction of sp³-hybridized carbons (Fsp3) is 0.455. The highest BCUT2D eigenvalue weighted by atomic mass is 79.9. The van der Waals surface area contributed by atoms with Crippen LogP contribution in [-0.4, -0.2) is 7.11 Å². The van der Waals surface area contributed by atoms with Crippen LogP contribution < -0.4 is 4.74 Å². The molecule has 0 aliphatic carbocycles. The van der Waals surface area contributed by atoms with Crippen LogP contribution in [0.3, 0.4) is 0 Å². The van der Waals surface area contributed by atoms with Gasteiger partial charge in [0.1, 0.15) is 5.75 Å². The number of methoxy groups -OCH3 is 1. The van der Waals surface area contributed by atoms with Gasteiger partial charge in [0.15, 0.2) is 0 Å². The fourth-order valence-electron chi connectivity index (χ4n) is 1.52. The maximum atomic E-state index is 5.29. The Morgan fingerprint density at radius 3 is 2.31 bits per heavy atom. The minimum atomic E-state index is 0.912. The third-order valence-electron chi connectivity index (χ3n) is 2.56. The van der Waals surface area contributed by atoms with Crippen LogP contribution in [0.2, 0.25) is 0 Å². The topological polar surface area (TPSA) is 9.23 Å². The second-order valence-corrected chi connectivity index (χ2v) is 3.82. The summed E-state index contributed by atoms with van der Waals surface area (Å²) in [6.07, 6.45) is 0. The Hall–Kier alpha value is -0.500. The summed E-state index contributed by atoms with van der Waals surface area (Å²) < 4.78 is 5.29. The first-order chi connectivity index (χ1) is 6.11. The molecule has 0 heterocycles. The summed E-state index contributed by atoms with van der Waals surface area (Å²) in [7, 11) is 1.72. The van der Waals surface area contributed by atoms with Crippen molar-refractivity contribution < 1.29 is 4.74 Å². The Kier molecular flexibility index (Phi) is 3.37. The highest BCUT2D eigenvalue weighted by Gasteiger charge is 2.08. The summed E-state index contributed by atoms with van der Waals surface area (Å²) in [5, 5.41) is 0.912. The molecule has 0 radical (unpaired) electrons. The van der Waals surface area contributed by atoms with E-state index in [9.17, 15) is 0 Å². The smallest absolute Gasteiger partial charge is 0.122 e. The number of ether oxygens (including phenoxy) is 1. The summed E-state index contributed by atoms with van der Waals surface area (Å²) >= 11 is 3.50. The lowest BCUT2D eigenvalue weighted by Gasteiger charge is -2.13. The molecule has 1 aromatic carbocycles. The molecule has 0 aliphatic heterocycles. The first-order valence-corrected chi connectivity index (χ1v) is 5.43. The zero-order valence-corrected chi connectivity index (χ0v) is 10.2. The van der Waals surface area contributed by atoms with Gasteiger partial charge in [-0.3, -0.25) is 0 Å². The molecular formula is C11H15BrO. The normalized spacial score (nSPS) is 10.2. The molecular weight excluding hydrogens is 228 g/mol. The Balaban J connectivity index is 3.37. The SMILES string of the molecule is COc1cc(C)c(CBr)c(C)c1C. The molecule has 1 aromatic rings. The highest BCUT2D eigenvalue weighted by molar-refractivity contribution is 9.08. The monoisotopic (exact) mass is 242 g/mol. The van der Waals surface area contributed by atoms with Gasteiger partial charge in [-0.2, -0.15) is 0 Å². The molecule has 0 aliphatic rings. The van der Waals surface area contributed by atoms with Gasteiger partial charge in [-0.15, -0.1) is 0 Å². The number of aryl methyl sites for hydroxylation is 1. The van der Waals surface area contributed by atoms with Gasteiger partial charge in [-0.05, 0) is 49.1 Å². The van der Waals surface area contributed by atoms with Crippen LogP contribution in [-0.2, 0) is 5.33 Å². The van der Waals surface area contributed by atoms with E-state index in [-0.39, 0.29) is 0 Å². The third kappa shape index (κ3) is 1.88. The fourth-order valence-corrected chi connectivity index (χ4v) is 2.38. The second kappa shape index (κ2) is 4.14. The standard InChI is InChI=1S/C11H15BrO/c1-7-5-11(13-4)9(3)8(2)10(7)6-12/h5H,6H2,1-4H3. The van der Waals surface area contributed by atoms with Crippen molar-refractivity contribution in [3.05, 3.63) is 28.3 Å². The summed E-state index contributed by atoms with van der Waals surface area (Å²) in [6, 6.07) is 2.10. The number of hydrogen-bond donors (Lipinski definition) is 0. The quantitative estimate of drug-likeness (QED) is 0.722. The van der Waals surface area contributed by atoms with E-state index < -0.39 is 0 Å². The molecule has 0 N–H and O–H groups in total. The summed E-state index contributed by atoms with van der Waals surface area (Å²) in [5.74, 6) is 0.986. The molecule has 2 heteroatoms. The van der Waals surface area contributed by atoms with E-state index in [0.29, 0.717) is 0 Å². The first kappa shape index (κ1) is 10.6. The maximum absolute atomic E-state index is 5.29. The van der Waals surface area contributed by atoms with Gasteiger partial charge in [0.25, 0.3) is 0 Å². The predicted octanol–water partition coefficient (Wildman–Crippen LogP) is 3.52. The van der Waals surface area contributed by atoms with Crippen molar-refractivity contribution in [2.24, 2.45) is 0 Å². The minimum absolute atomic E-state index is 0.912. The second-order valence-electron chi connectivity index (χ2n) is 3.26. The number of hydrogen-bond acceptors (Lipinski definition) is 1. The minimum Gasteiger partial charge on any atom is -0.496 e. The van der Waals surface area contributed by atoms with E-state index in [1.165, 1.54) is 22.3 Å². The molecule has 0 bridgehead atoms. The lowest BCUT2D eigenvalue weighted by molar-refractivity contribution is 0.411. The predicted molar refractivity (Wildman–Crippen MR) is 59.8 cm³/mol. The highest BCUT2D eigenvalue weighted by Crippen LogP contribution is 2.28. The van der Waals surface area contributed by atoms with E-state index in [0.717, 1.165) is 11.1 Å². The van der Waals surface area contributed by atoms with Crippen molar-refractivity contribution >= 4 is 15.9 Å².